The second-order valence-electron chi connectivity index (χ2n) is 4.16. The fourth-order valence-electron chi connectivity index (χ4n) is 1.48. The van der Waals surface area contributed by atoms with Crippen molar-refractivity contribution < 1.29 is 0 Å². The molecule has 16 heavy (non-hydrogen) atoms. The van der Waals surface area contributed by atoms with Crippen LogP contribution in [0.3, 0.4) is 0 Å². The van der Waals surface area contributed by atoms with Gasteiger partial charge in [0.1, 0.15) is 0 Å². The van der Waals surface area contributed by atoms with Gasteiger partial charge in [-0.05, 0) is 13.3 Å². The van der Waals surface area contributed by atoms with Gasteiger partial charge in [0, 0.05) is 31.1 Å². The molecule has 0 saturated carbocycles. The Hall–Kier alpha value is -0.610. The van der Waals surface area contributed by atoms with Crippen LogP contribution in [-0.4, -0.2) is 30.7 Å². The Morgan fingerprint density at radius 1 is 1.44 bits per heavy atom. The maximum Gasteiger partial charge on any atom is 0.185 e. The largest absolute Gasteiger partial charge is 0.347 e. The first-order chi connectivity index (χ1) is 7.67. The minimum absolute atomic E-state index is 0.557. The molecular formula is C12H23N3S. The molecular weight excluding hydrogens is 218 g/mol. The van der Waals surface area contributed by atoms with Crippen molar-refractivity contribution in [2.75, 3.05) is 24.5 Å². The Kier molecular flexibility index (Phi) is 5.77. The molecule has 1 rings (SSSR count). The second kappa shape index (κ2) is 6.86. The van der Waals surface area contributed by atoms with Crippen LogP contribution in [0.1, 0.15) is 33.4 Å². The van der Waals surface area contributed by atoms with Crippen LogP contribution in [0.15, 0.2) is 5.38 Å². The molecule has 1 heterocycles. The summed E-state index contributed by atoms with van der Waals surface area (Å²) in [5.74, 6) is 0. The molecule has 0 amide bonds. The summed E-state index contributed by atoms with van der Waals surface area (Å²) in [5, 5.41) is 6.75. The Morgan fingerprint density at radius 2 is 2.19 bits per heavy atom. The van der Waals surface area contributed by atoms with Crippen LogP contribution < -0.4 is 10.2 Å². The SMILES string of the molecule is CCc1csc(N(CC)CCNC(C)C)n1. The van der Waals surface area contributed by atoms with E-state index in [2.05, 4.69) is 48.3 Å². The lowest BCUT2D eigenvalue weighted by molar-refractivity contribution is 0.583. The molecule has 0 atom stereocenters. The molecule has 0 unspecified atom stereocenters. The van der Waals surface area contributed by atoms with Crippen molar-refractivity contribution in [2.45, 2.75) is 40.2 Å². The summed E-state index contributed by atoms with van der Waals surface area (Å²) < 4.78 is 0. The van der Waals surface area contributed by atoms with Crippen LogP contribution in [0.25, 0.3) is 0 Å². The Bertz CT molecular complexity index is 296. The van der Waals surface area contributed by atoms with Gasteiger partial charge in [-0.15, -0.1) is 11.3 Å². The lowest BCUT2D eigenvalue weighted by atomic mass is 10.4. The van der Waals surface area contributed by atoms with E-state index in [1.165, 1.54) is 5.69 Å². The van der Waals surface area contributed by atoms with E-state index < -0.39 is 0 Å². The van der Waals surface area contributed by atoms with Gasteiger partial charge in [-0.25, -0.2) is 4.98 Å². The Labute approximate surface area is 103 Å². The molecule has 0 aromatic carbocycles. The fourth-order valence-corrected chi connectivity index (χ4v) is 2.48. The molecule has 1 aromatic rings. The van der Waals surface area contributed by atoms with Gasteiger partial charge >= 0.3 is 0 Å². The zero-order valence-electron chi connectivity index (χ0n) is 10.8. The number of hydrogen-bond acceptors (Lipinski definition) is 4. The van der Waals surface area contributed by atoms with E-state index in [1.54, 1.807) is 11.3 Å². The monoisotopic (exact) mass is 241 g/mol. The van der Waals surface area contributed by atoms with Crippen LogP contribution in [0.5, 0.6) is 0 Å². The number of thiazole rings is 1. The number of anilines is 1. The van der Waals surface area contributed by atoms with E-state index in [9.17, 15) is 0 Å². The lowest BCUT2D eigenvalue weighted by Crippen LogP contribution is -2.34. The van der Waals surface area contributed by atoms with Gasteiger partial charge in [0.2, 0.25) is 0 Å². The normalized spacial score (nSPS) is 11.1. The molecule has 0 aliphatic rings. The van der Waals surface area contributed by atoms with Crippen LogP contribution in [-0.2, 0) is 6.42 Å². The van der Waals surface area contributed by atoms with Crippen LogP contribution in [0.4, 0.5) is 5.13 Å². The first-order valence-electron chi connectivity index (χ1n) is 6.10. The van der Waals surface area contributed by atoms with Crippen molar-refractivity contribution in [3.05, 3.63) is 11.1 Å². The van der Waals surface area contributed by atoms with Crippen LogP contribution in [0, 0.1) is 0 Å². The average Bonchev–Trinajstić information content (AvgIpc) is 2.72. The Balaban J connectivity index is 2.46. The quantitative estimate of drug-likeness (QED) is 0.795. The molecule has 0 spiro atoms. The maximum atomic E-state index is 4.61. The highest BCUT2D eigenvalue weighted by Crippen LogP contribution is 2.20. The fraction of sp³-hybridized carbons (Fsp3) is 0.750. The molecule has 0 aliphatic carbocycles. The second-order valence-corrected chi connectivity index (χ2v) is 5.00. The van der Waals surface area contributed by atoms with Crippen molar-refractivity contribution in [2.24, 2.45) is 0 Å². The average molecular weight is 241 g/mol. The van der Waals surface area contributed by atoms with Gasteiger partial charge in [-0.1, -0.05) is 20.8 Å². The highest BCUT2D eigenvalue weighted by molar-refractivity contribution is 7.13. The number of hydrogen-bond donors (Lipinski definition) is 1. The predicted molar refractivity (Wildman–Crippen MR) is 72.5 cm³/mol. The third-order valence-electron chi connectivity index (χ3n) is 2.49. The van der Waals surface area contributed by atoms with Crippen molar-refractivity contribution in [3.8, 4) is 0 Å². The summed E-state index contributed by atoms with van der Waals surface area (Å²) in [5.41, 5.74) is 1.20. The summed E-state index contributed by atoms with van der Waals surface area (Å²) in [6.07, 6.45) is 1.03. The molecule has 92 valence electrons. The number of nitrogens with zero attached hydrogens (tertiary/aromatic N) is 2. The first kappa shape index (κ1) is 13.5. The standard InChI is InChI=1S/C12H23N3S/c1-5-11-9-16-12(14-11)15(6-2)8-7-13-10(3)4/h9-10,13H,5-8H2,1-4H3. The number of aromatic nitrogens is 1. The minimum Gasteiger partial charge on any atom is -0.347 e. The van der Waals surface area contributed by atoms with E-state index in [1.807, 2.05) is 0 Å². The summed E-state index contributed by atoms with van der Waals surface area (Å²) >= 11 is 1.75. The summed E-state index contributed by atoms with van der Waals surface area (Å²) in [7, 11) is 0. The van der Waals surface area contributed by atoms with Crippen molar-refractivity contribution >= 4 is 16.5 Å². The summed E-state index contributed by atoms with van der Waals surface area (Å²) in [6.45, 7) is 11.8. The third-order valence-corrected chi connectivity index (χ3v) is 3.44. The van der Waals surface area contributed by atoms with E-state index in [-0.39, 0.29) is 0 Å². The smallest absolute Gasteiger partial charge is 0.185 e. The molecule has 0 radical (unpaired) electrons. The summed E-state index contributed by atoms with van der Waals surface area (Å²) in [4.78, 5) is 6.95. The zero-order chi connectivity index (χ0) is 12.0. The number of aryl methyl sites for hydroxylation is 1. The molecule has 4 heteroatoms. The summed E-state index contributed by atoms with van der Waals surface area (Å²) in [6, 6.07) is 0.557. The topological polar surface area (TPSA) is 28.2 Å². The van der Waals surface area contributed by atoms with Gasteiger partial charge < -0.3 is 10.2 Å². The van der Waals surface area contributed by atoms with Crippen LogP contribution >= 0.6 is 11.3 Å². The lowest BCUT2D eigenvalue weighted by Gasteiger charge is -2.20. The van der Waals surface area contributed by atoms with Gasteiger partial charge in [-0.3, -0.25) is 0 Å². The number of nitrogens with one attached hydrogen (secondary N) is 1. The van der Waals surface area contributed by atoms with Gasteiger partial charge in [0.05, 0.1) is 5.69 Å². The Morgan fingerprint density at radius 3 is 2.69 bits per heavy atom. The zero-order valence-corrected chi connectivity index (χ0v) is 11.6. The van der Waals surface area contributed by atoms with Crippen molar-refractivity contribution in [3.63, 3.8) is 0 Å². The first-order valence-corrected chi connectivity index (χ1v) is 6.98. The van der Waals surface area contributed by atoms with Crippen molar-refractivity contribution in [1.29, 1.82) is 0 Å². The molecule has 1 N–H and O–H groups in total. The van der Waals surface area contributed by atoms with Crippen molar-refractivity contribution in [1.82, 2.24) is 10.3 Å². The van der Waals surface area contributed by atoms with E-state index >= 15 is 0 Å². The number of likely N-dealkylation sites (N-methyl/N-ethyl adjacent to an activating group) is 1. The van der Waals surface area contributed by atoms with E-state index in [4.69, 9.17) is 0 Å². The predicted octanol–water partition coefficient (Wildman–Crippen LogP) is 2.53. The van der Waals surface area contributed by atoms with E-state index in [0.29, 0.717) is 6.04 Å². The molecule has 0 fully saturated rings. The van der Waals surface area contributed by atoms with Crippen LogP contribution in [0.2, 0.25) is 0 Å². The third kappa shape index (κ3) is 4.10. The van der Waals surface area contributed by atoms with E-state index in [0.717, 1.165) is 31.2 Å². The van der Waals surface area contributed by atoms with Gasteiger partial charge in [0.25, 0.3) is 0 Å². The van der Waals surface area contributed by atoms with Gasteiger partial charge in [-0.2, -0.15) is 0 Å². The molecule has 1 aromatic heterocycles. The maximum absolute atomic E-state index is 4.61. The minimum atomic E-state index is 0.557. The van der Waals surface area contributed by atoms with Gasteiger partial charge in [0.15, 0.2) is 5.13 Å². The number of rotatable bonds is 7. The highest BCUT2D eigenvalue weighted by Gasteiger charge is 2.08. The molecule has 0 saturated heterocycles. The molecule has 3 nitrogen and oxygen atoms in total. The molecule has 0 aliphatic heterocycles. The molecule has 0 bridgehead atoms. The highest BCUT2D eigenvalue weighted by atomic mass is 32.1.